The third kappa shape index (κ3) is 18.1. The van der Waals surface area contributed by atoms with Gasteiger partial charge in [-0.05, 0) is 71.0 Å². The van der Waals surface area contributed by atoms with Gasteiger partial charge in [0.25, 0.3) is 0 Å². The zero-order valence-corrected chi connectivity index (χ0v) is 56.1. The third-order valence-corrected chi connectivity index (χ3v) is 17.9. The van der Waals surface area contributed by atoms with E-state index in [1.165, 1.54) is 49.6 Å². The number of nitrogens with zero attached hydrogens (tertiary/aromatic N) is 6. The van der Waals surface area contributed by atoms with Crippen molar-refractivity contribution in [1.82, 2.24) is 91.5 Å². The summed E-state index contributed by atoms with van der Waals surface area (Å²) in [7, 11) is 0. The molecule has 0 unspecified atom stereocenters. The second-order valence-corrected chi connectivity index (χ2v) is 25.4. The minimum absolute atomic E-state index is 0.0249. The quantitative estimate of drug-likeness (QED) is 0.0392. The Morgan fingerprint density at radius 2 is 0.723 bits per heavy atom. The van der Waals surface area contributed by atoms with Crippen molar-refractivity contribution in [3.05, 3.63) is 198 Å². The van der Waals surface area contributed by atoms with Crippen LogP contribution in [0.3, 0.4) is 0 Å². The van der Waals surface area contributed by atoms with E-state index < -0.39 is 95.3 Å². The van der Waals surface area contributed by atoms with Crippen LogP contribution >= 0.6 is 0 Å². The molecule has 0 spiro atoms. The number of carbonyl (C=O) groups is 10. The van der Waals surface area contributed by atoms with Crippen molar-refractivity contribution in [2.45, 2.75) is 121 Å². The highest BCUT2D eigenvalue weighted by atomic mass is 16.2. The molecule has 11 rings (SSSR count). The van der Waals surface area contributed by atoms with Crippen LogP contribution in [0.15, 0.2) is 147 Å². The number of amides is 10. The number of aromatic nitrogens is 9. The van der Waals surface area contributed by atoms with Crippen LogP contribution in [0.1, 0.15) is 88.9 Å². The molecule has 29 nitrogen and oxygen atoms in total. The zero-order valence-electron chi connectivity index (χ0n) is 56.1. The first-order valence-corrected chi connectivity index (χ1v) is 33.4. The van der Waals surface area contributed by atoms with Gasteiger partial charge < -0.3 is 82.2 Å². The van der Waals surface area contributed by atoms with E-state index in [4.69, 9.17) is 5.73 Å². The number of nitrogens with one attached hydrogen (secondary N) is 12. The van der Waals surface area contributed by atoms with E-state index in [0.717, 1.165) is 32.7 Å². The standard InChI is InChI=1S/C72H81N19O10/c1-42(92)83-60(28-51-34-74-39-80-51)67(96)86-63(25-48-31-77-57-15-7-4-12-54(48)57)70(99)89-18-10-20-90(71(100)64(26-49-32-78-58-16-8-5-13-55(49)58)87-68(97)61(84-43(2)93)29-52-35-75-40-81-52)37-45-22-46(24-47(23-45)66(73)95)38-91(21-11-19-89)72(101)65(27-50-33-79-59-17-9-6-14-56(50)59)88-69(98)62(85-44(3)94)30-53-36-76-41-82-53/h4-9,12-17,22-24,31-36,39-41,60-65,77-79H,10-11,18-21,25-30,37-38H2,1-3H3,(H2,73,95)(H,74,80)(H,75,81)(H,76,82)(H,83,92)(H,84,93)(H,85,94)(H,86,96)(H,87,97)(H,88,98)/t60-,61-,62-,63+,64+,65+/m1/s1. The average Bonchev–Trinajstić information content (AvgIpc) is 1.81. The molecule has 6 aromatic heterocycles. The number of imidazole rings is 3. The minimum Gasteiger partial charge on any atom is -0.366 e. The number of fused-ring (bicyclic) bond motifs is 5. The normalized spacial score (nSPS) is 14.7. The Morgan fingerprint density at radius 1 is 0.406 bits per heavy atom. The Morgan fingerprint density at radius 3 is 1.03 bits per heavy atom. The molecule has 4 aromatic carbocycles. The van der Waals surface area contributed by atoms with Crippen molar-refractivity contribution in [2.24, 2.45) is 5.73 Å². The predicted octanol–water partition coefficient (Wildman–Crippen LogP) is 3.10. The molecule has 0 fully saturated rings. The number of H-pyrrole nitrogens is 6. The Bertz CT molecular complexity index is 4400. The van der Waals surface area contributed by atoms with Gasteiger partial charge in [-0.25, -0.2) is 15.0 Å². The van der Waals surface area contributed by atoms with Gasteiger partial charge in [0.05, 0.1) is 36.1 Å². The van der Waals surface area contributed by atoms with Gasteiger partial charge in [-0.3, -0.25) is 47.9 Å². The number of nitrogens with two attached hydrogens (primary N) is 1. The lowest BCUT2D eigenvalue weighted by Crippen LogP contribution is -2.56. The number of carbonyl (C=O) groups excluding carboxylic acids is 10. The summed E-state index contributed by atoms with van der Waals surface area (Å²) in [6.07, 6.45) is 14.4. The number of para-hydroxylation sites is 3. The van der Waals surface area contributed by atoms with Crippen LogP contribution in [0.2, 0.25) is 0 Å². The molecule has 1 aliphatic heterocycles. The van der Waals surface area contributed by atoms with Gasteiger partial charge in [0.15, 0.2) is 0 Å². The van der Waals surface area contributed by atoms with Crippen molar-refractivity contribution in [1.29, 1.82) is 0 Å². The monoisotopic (exact) mass is 1370 g/mol. The fraction of sp³-hybridized carbons (Fsp3) is 0.319. The fourth-order valence-electron chi connectivity index (χ4n) is 13.1. The lowest BCUT2D eigenvalue weighted by Gasteiger charge is -2.34. The molecule has 1 aliphatic rings. The van der Waals surface area contributed by atoms with Crippen LogP contribution in [0.4, 0.5) is 0 Å². The summed E-state index contributed by atoms with van der Waals surface area (Å²) in [5, 5.41) is 19.5. The molecule has 6 atom stereocenters. The molecule has 7 heterocycles. The van der Waals surface area contributed by atoms with E-state index in [0.29, 0.717) is 44.9 Å². The Hall–Kier alpha value is -12.2. The highest BCUT2D eigenvalue weighted by Crippen LogP contribution is 2.26. The van der Waals surface area contributed by atoms with Crippen LogP contribution in [0, 0.1) is 0 Å². The first-order valence-electron chi connectivity index (χ1n) is 33.4. The average molecular weight is 1370 g/mol. The van der Waals surface area contributed by atoms with Gasteiger partial charge in [-0.2, -0.15) is 0 Å². The third-order valence-electron chi connectivity index (χ3n) is 17.9. The van der Waals surface area contributed by atoms with E-state index in [1.807, 2.05) is 72.8 Å². The molecule has 0 saturated carbocycles. The highest BCUT2D eigenvalue weighted by molar-refractivity contribution is 5.97. The number of aromatic amines is 6. The van der Waals surface area contributed by atoms with E-state index in [9.17, 15) is 33.6 Å². The summed E-state index contributed by atoms with van der Waals surface area (Å²) in [5.74, 6) is -6.05. The molecule has 2 bridgehead atoms. The minimum atomic E-state index is -1.32. The van der Waals surface area contributed by atoms with Gasteiger partial charge >= 0.3 is 0 Å². The Balaban J connectivity index is 1.00. The molecule has 0 radical (unpaired) electrons. The van der Waals surface area contributed by atoms with Crippen molar-refractivity contribution in [2.75, 3.05) is 26.2 Å². The van der Waals surface area contributed by atoms with Crippen molar-refractivity contribution < 1.29 is 47.9 Å². The van der Waals surface area contributed by atoms with E-state index in [-0.39, 0.29) is 96.2 Å². The molecular weight excluding hydrogens is 1290 g/mol. The van der Waals surface area contributed by atoms with Crippen molar-refractivity contribution in [3.8, 4) is 0 Å². The lowest BCUT2D eigenvalue weighted by atomic mass is 10.00. The summed E-state index contributed by atoms with van der Waals surface area (Å²) in [6.45, 7) is 3.18. The zero-order chi connectivity index (χ0) is 71.1. The molecule has 29 heteroatoms. The van der Waals surface area contributed by atoms with Gasteiger partial charge in [-0.1, -0.05) is 60.7 Å². The van der Waals surface area contributed by atoms with Crippen molar-refractivity contribution in [3.63, 3.8) is 0 Å². The van der Waals surface area contributed by atoms with Crippen LogP contribution in [0.25, 0.3) is 32.7 Å². The van der Waals surface area contributed by atoms with Crippen LogP contribution in [0.5, 0.6) is 0 Å². The van der Waals surface area contributed by atoms with Crippen LogP contribution in [-0.2, 0) is 94.8 Å². The maximum absolute atomic E-state index is 16.0. The molecule has 10 aromatic rings. The summed E-state index contributed by atoms with van der Waals surface area (Å²) in [5.41, 5.74) is 12.8. The van der Waals surface area contributed by atoms with Gasteiger partial charge in [-0.15, -0.1) is 0 Å². The molecule has 10 amide bonds. The second kappa shape index (κ2) is 32.5. The number of hydrogen-bond acceptors (Lipinski definition) is 13. The first kappa shape index (κ1) is 70.2. The SMILES string of the molecule is CC(=O)N[C@H](Cc1c[nH]cn1)C(=O)N[C@@H](Cc1c[nH]c2ccccc12)C(=O)N1CCCN(C(=O)[C@H](Cc2c[nH]c3ccccc23)NC(=O)[C@@H](Cc2c[nH]cn2)NC(C)=O)Cc2cc(cc(C(N)=O)c2)CN(C(=O)[C@H](Cc2c[nH]c3ccccc23)NC(=O)[C@@H](Cc2c[nH]cn2)NC(C)=O)CCC1. The Labute approximate surface area is 579 Å². The molecule has 101 heavy (non-hydrogen) atoms. The summed E-state index contributed by atoms with van der Waals surface area (Å²) in [6, 6.07) is 19.8. The largest absolute Gasteiger partial charge is 0.366 e. The number of hydrogen-bond donors (Lipinski definition) is 13. The lowest BCUT2D eigenvalue weighted by molar-refractivity contribution is -0.139. The maximum Gasteiger partial charge on any atom is 0.248 e. The molecule has 0 aliphatic carbocycles. The first-order chi connectivity index (χ1) is 48.8. The van der Waals surface area contributed by atoms with Gasteiger partial charge in [0.2, 0.25) is 59.1 Å². The summed E-state index contributed by atoms with van der Waals surface area (Å²) >= 11 is 0. The second-order valence-electron chi connectivity index (χ2n) is 25.4. The number of primary amides is 1. The predicted molar refractivity (Wildman–Crippen MR) is 373 cm³/mol. The summed E-state index contributed by atoms with van der Waals surface area (Å²) < 4.78 is 0. The topological polar surface area (TPSA) is 412 Å². The molecule has 524 valence electrons. The van der Waals surface area contributed by atoms with E-state index >= 15 is 14.4 Å². The Kier molecular flexibility index (Phi) is 22.5. The van der Waals surface area contributed by atoms with E-state index in [2.05, 4.69) is 76.8 Å². The highest BCUT2D eigenvalue weighted by Gasteiger charge is 2.36. The molecule has 14 N–H and O–H groups in total. The van der Waals surface area contributed by atoms with Crippen molar-refractivity contribution >= 4 is 91.8 Å². The summed E-state index contributed by atoms with van der Waals surface area (Å²) in [4.78, 5) is 180. The number of benzene rings is 4. The number of rotatable bonds is 25. The van der Waals surface area contributed by atoms with E-state index in [1.54, 1.807) is 60.3 Å². The maximum atomic E-state index is 16.0. The van der Waals surface area contributed by atoms with Crippen LogP contribution in [-0.4, -0.2) is 181 Å². The molecular formula is C72H81N19O10. The smallest absolute Gasteiger partial charge is 0.248 e. The molecule has 0 saturated heterocycles. The van der Waals surface area contributed by atoms with Crippen LogP contribution < -0.4 is 37.6 Å². The van der Waals surface area contributed by atoms with Gasteiger partial charge in [0, 0.05) is 174 Å². The fourth-order valence-corrected chi connectivity index (χ4v) is 13.1. The van der Waals surface area contributed by atoms with Gasteiger partial charge in [0.1, 0.15) is 36.3 Å².